The van der Waals surface area contributed by atoms with Gasteiger partial charge in [0.25, 0.3) is 0 Å². The van der Waals surface area contributed by atoms with E-state index in [1.165, 1.54) is 0 Å². The molecule has 84 valence electrons. The van der Waals surface area contributed by atoms with E-state index in [0.717, 1.165) is 11.4 Å². The third-order valence-corrected chi connectivity index (χ3v) is 2.16. The van der Waals surface area contributed by atoms with Crippen molar-refractivity contribution in [2.45, 2.75) is 19.4 Å². The van der Waals surface area contributed by atoms with Crippen LogP contribution in [-0.4, -0.2) is 31.3 Å². The summed E-state index contributed by atoms with van der Waals surface area (Å²) in [4.78, 5) is 0. The van der Waals surface area contributed by atoms with Crippen molar-refractivity contribution in [3.8, 4) is 11.4 Å². The van der Waals surface area contributed by atoms with Gasteiger partial charge < -0.3 is 10.2 Å². The first-order valence-electron chi connectivity index (χ1n) is 5.04. The van der Waals surface area contributed by atoms with Crippen LogP contribution in [0.4, 0.5) is 0 Å². The highest BCUT2D eigenvalue weighted by Gasteiger charge is 2.05. The summed E-state index contributed by atoms with van der Waals surface area (Å²) in [5, 5.41) is 26.3. The molecule has 2 aromatic rings. The molecule has 1 unspecified atom stereocenters. The van der Waals surface area contributed by atoms with Crippen molar-refractivity contribution >= 4 is 0 Å². The second-order valence-corrected chi connectivity index (χ2v) is 3.72. The zero-order valence-corrected chi connectivity index (χ0v) is 8.91. The van der Waals surface area contributed by atoms with Crippen LogP contribution < -0.4 is 0 Å². The van der Waals surface area contributed by atoms with Crippen LogP contribution in [0.3, 0.4) is 0 Å². The van der Waals surface area contributed by atoms with Gasteiger partial charge in [-0.3, -0.25) is 0 Å². The lowest BCUT2D eigenvalue weighted by Gasteiger charge is -1.99. The third-order valence-electron chi connectivity index (χ3n) is 2.16. The van der Waals surface area contributed by atoms with Crippen LogP contribution in [-0.2, 0) is 6.42 Å². The van der Waals surface area contributed by atoms with Crippen molar-refractivity contribution in [1.82, 2.24) is 15.0 Å². The SMILES string of the molecule is CC(O)Cc1cn(-c2ccc(O)cc2)nn1. The molecule has 16 heavy (non-hydrogen) atoms. The summed E-state index contributed by atoms with van der Waals surface area (Å²) < 4.78 is 1.61. The predicted molar refractivity (Wildman–Crippen MR) is 58.4 cm³/mol. The molecule has 0 fully saturated rings. The number of benzene rings is 1. The van der Waals surface area contributed by atoms with E-state index in [2.05, 4.69) is 10.3 Å². The number of aliphatic hydroxyl groups is 1. The fourth-order valence-electron chi connectivity index (χ4n) is 1.43. The highest BCUT2D eigenvalue weighted by molar-refractivity contribution is 5.35. The number of nitrogens with zero attached hydrogens (tertiary/aromatic N) is 3. The van der Waals surface area contributed by atoms with E-state index in [1.54, 1.807) is 42.1 Å². The minimum atomic E-state index is -0.426. The van der Waals surface area contributed by atoms with Gasteiger partial charge in [-0.25, -0.2) is 4.68 Å². The van der Waals surface area contributed by atoms with Gasteiger partial charge in [0.05, 0.1) is 23.7 Å². The molecule has 0 spiro atoms. The molecule has 0 saturated carbocycles. The van der Waals surface area contributed by atoms with Crippen LogP contribution in [0, 0.1) is 0 Å². The molecule has 0 bridgehead atoms. The average Bonchev–Trinajstić information content (AvgIpc) is 2.66. The Morgan fingerprint density at radius 1 is 1.31 bits per heavy atom. The predicted octanol–water partition coefficient (Wildman–Crippen LogP) is 0.896. The largest absolute Gasteiger partial charge is 0.508 e. The van der Waals surface area contributed by atoms with Crippen LogP contribution in [0.5, 0.6) is 5.75 Å². The average molecular weight is 219 g/mol. The summed E-state index contributed by atoms with van der Waals surface area (Å²) in [5.41, 5.74) is 1.56. The molecule has 5 nitrogen and oxygen atoms in total. The summed E-state index contributed by atoms with van der Waals surface area (Å²) in [5.74, 6) is 0.216. The molecule has 5 heteroatoms. The molecule has 0 aliphatic carbocycles. The summed E-state index contributed by atoms with van der Waals surface area (Å²) in [6, 6.07) is 6.67. The molecule has 1 heterocycles. The quantitative estimate of drug-likeness (QED) is 0.804. The lowest BCUT2D eigenvalue weighted by Crippen LogP contribution is -2.04. The van der Waals surface area contributed by atoms with Crippen LogP contribution in [0.15, 0.2) is 30.5 Å². The van der Waals surface area contributed by atoms with E-state index in [1.807, 2.05) is 0 Å². The van der Waals surface area contributed by atoms with Gasteiger partial charge in [0.1, 0.15) is 5.75 Å². The van der Waals surface area contributed by atoms with E-state index in [4.69, 9.17) is 5.11 Å². The second-order valence-electron chi connectivity index (χ2n) is 3.72. The van der Waals surface area contributed by atoms with Crippen molar-refractivity contribution in [2.75, 3.05) is 0 Å². The van der Waals surface area contributed by atoms with Crippen molar-refractivity contribution in [3.63, 3.8) is 0 Å². The normalized spacial score (nSPS) is 12.6. The number of phenols is 1. The first-order valence-corrected chi connectivity index (χ1v) is 5.04. The zero-order valence-electron chi connectivity index (χ0n) is 8.91. The van der Waals surface area contributed by atoms with E-state index < -0.39 is 6.10 Å². The standard InChI is InChI=1S/C11H13N3O2/c1-8(15)6-9-7-14(13-12-9)10-2-4-11(16)5-3-10/h2-5,7-8,15-16H,6H2,1H3. The van der Waals surface area contributed by atoms with Gasteiger partial charge in [-0.05, 0) is 31.2 Å². The lowest BCUT2D eigenvalue weighted by atomic mass is 10.2. The summed E-state index contributed by atoms with van der Waals surface area (Å²) in [6.07, 6.45) is 1.82. The van der Waals surface area contributed by atoms with Crippen molar-refractivity contribution in [1.29, 1.82) is 0 Å². The van der Waals surface area contributed by atoms with Gasteiger partial charge in [-0.15, -0.1) is 5.10 Å². The van der Waals surface area contributed by atoms with Crippen LogP contribution in [0.2, 0.25) is 0 Å². The Labute approximate surface area is 93.0 Å². The van der Waals surface area contributed by atoms with E-state index in [0.29, 0.717) is 6.42 Å². The Bertz CT molecular complexity index is 462. The second kappa shape index (κ2) is 4.32. The van der Waals surface area contributed by atoms with Crippen LogP contribution in [0.1, 0.15) is 12.6 Å². The Balaban J connectivity index is 2.21. The Morgan fingerprint density at radius 2 is 2.00 bits per heavy atom. The highest BCUT2D eigenvalue weighted by Crippen LogP contribution is 2.13. The molecule has 0 radical (unpaired) electrons. The molecule has 0 aliphatic heterocycles. The Hall–Kier alpha value is -1.88. The lowest BCUT2D eigenvalue weighted by molar-refractivity contribution is 0.194. The Kier molecular flexibility index (Phi) is 2.87. The van der Waals surface area contributed by atoms with Gasteiger partial charge in [-0.2, -0.15) is 0 Å². The zero-order chi connectivity index (χ0) is 11.5. The number of aromatic hydroxyl groups is 1. The molecule has 0 amide bonds. The number of aliphatic hydroxyl groups excluding tert-OH is 1. The van der Waals surface area contributed by atoms with Gasteiger partial charge in [0.15, 0.2) is 0 Å². The number of phenolic OH excluding ortho intramolecular Hbond substituents is 1. The third kappa shape index (κ3) is 2.38. The molecule has 1 atom stereocenters. The van der Waals surface area contributed by atoms with Crippen molar-refractivity contribution in [2.24, 2.45) is 0 Å². The monoisotopic (exact) mass is 219 g/mol. The molecule has 2 N–H and O–H groups in total. The molecule has 0 saturated heterocycles. The number of aromatic nitrogens is 3. The fraction of sp³-hybridized carbons (Fsp3) is 0.273. The van der Waals surface area contributed by atoms with Gasteiger partial charge in [-0.1, -0.05) is 5.21 Å². The molecular formula is C11H13N3O2. The molecule has 2 rings (SSSR count). The van der Waals surface area contributed by atoms with E-state index >= 15 is 0 Å². The van der Waals surface area contributed by atoms with Crippen LogP contribution in [0.25, 0.3) is 5.69 Å². The van der Waals surface area contributed by atoms with E-state index in [-0.39, 0.29) is 5.75 Å². The molecular weight excluding hydrogens is 206 g/mol. The maximum atomic E-state index is 9.21. The minimum Gasteiger partial charge on any atom is -0.508 e. The number of hydrogen-bond acceptors (Lipinski definition) is 4. The fourth-order valence-corrected chi connectivity index (χ4v) is 1.43. The minimum absolute atomic E-state index is 0.216. The highest BCUT2D eigenvalue weighted by atomic mass is 16.3. The topological polar surface area (TPSA) is 71.2 Å². The summed E-state index contributed by atoms with van der Waals surface area (Å²) >= 11 is 0. The van der Waals surface area contributed by atoms with Gasteiger partial charge >= 0.3 is 0 Å². The van der Waals surface area contributed by atoms with Crippen molar-refractivity contribution in [3.05, 3.63) is 36.2 Å². The smallest absolute Gasteiger partial charge is 0.115 e. The maximum absolute atomic E-state index is 9.21. The molecule has 0 aliphatic rings. The summed E-state index contributed by atoms with van der Waals surface area (Å²) in [7, 11) is 0. The van der Waals surface area contributed by atoms with Crippen molar-refractivity contribution < 1.29 is 10.2 Å². The molecule has 1 aromatic heterocycles. The van der Waals surface area contributed by atoms with E-state index in [9.17, 15) is 5.11 Å². The molecule has 1 aromatic carbocycles. The Morgan fingerprint density at radius 3 is 2.62 bits per heavy atom. The first-order chi connectivity index (χ1) is 7.65. The first kappa shape index (κ1) is 10.6. The number of hydrogen-bond donors (Lipinski definition) is 2. The summed E-state index contributed by atoms with van der Waals surface area (Å²) in [6.45, 7) is 1.71. The van der Waals surface area contributed by atoms with Crippen LogP contribution >= 0.6 is 0 Å². The maximum Gasteiger partial charge on any atom is 0.115 e. The number of rotatable bonds is 3. The van der Waals surface area contributed by atoms with Gasteiger partial charge in [0, 0.05) is 6.42 Å². The van der Waals surface area contributed by atoms with Gasteiger partial charge in [0.2, 0.25) is 0 Å².